The van der Waals surface area contributed by atoms with E-state index < -0.39 is 0 Å². The third-order valence-corrected chi connectivity index (χ3v) is 4.25. The lowest BCUT2D eigenvalue weighted by Gasteiger charge is -2.27. The van der Waals surface area contributed by atoms with Crippen LogP contribution in [-0.4, -0.2) is 42.4 Å². The fraction of sp³-hybridized carbons (Fsp3) is 0.857. The van der Waals surface area contributed by atoms with E-state index in [2.05, 4.69) is 5.32 Å². The zero-order valence-electron chi connectivity index (χ0n) is 11.6. The molecule has 0 aromatic carbocycles. The van der Waals surface area contributed by atoms with Gasteiger partial charge in [0.1, 0.15) is 0 Å². The molecule has 0 spiro atoms. The minimum Gasteiger partial charge on any atom is -0.355 e. The van der Waals surface area contributed by atoms with Crippen molar-refractivity contribution in [3.05, 3.63) is 0 Å². The molecule has 1 saturated heterocycles. The first kappa shape index (κ1) is 14.3. The summed E-state index contributed by atoms with van der Waals surface area (Å²) in [5, 5.41) is 2.87. The van der Waals surface area contributed by atoms with Crippen LogP contribution in [0.4, 0.5) is 0 Å². The molecule has 2 amide bonds. The first-order valence-corrected chi connectivity index (χ1v) is 7.49. The maximum Gasteiger partial charge on any atom is 0.224 e. The van der Waals surface area contributed by atoms with Gasteiger partial charge in [0, 0.05) is 32.1 Å². The molecule has 1 aliphatic heterocycles. The molecule has 2 atom stereocenters. The number of carbonyl (C=O) groups is 2. The molecule has 0 bridgehead atoms. The molecule has 5 heteroatoms. The normalized spacial score (nSPS) is 27.3. The van der Waals surface area contributed by atoms with Crippen molar-refractivity contribution in [2.45, 2.75) is 51.0 Å². The van der Waals surface area contributed by atoms with Gasteiger partial charge in [0.15, 0.2) is 0 Å². The Morgan fingerprint density at radius 2 is 1.79 bits per heavy atom. The van der Waals surface area contributed by atoms with Crippen LogP contribution in [0.15, 0.2) is 0 Å². The second-order valence-electron chi connectivity index (χ2n) is 5.68. The molecule has 0 radical (unpaired) electrons. The molecule has 0 aromatic heterocycles. The van der Waals surface area contributed by atoms with Crippen LogP contribution in [0.25, 0.3) is 0 Å². The standard InChI is InChI=1S/C14H25N3O2/c15-12-6-2-1-5-11(12)14(19)16-8-7-13(18)17-9-3-4-10-17/h11-12H,1-10,15H2,(H,16,19). The van der Waals surface area contributed by atoms with Crippen molar-refractivity contribution in [3.8, 4) is 0 Å². The fourth-order valence-corrected chi connectivity index (χ4v) is 3.03. The highest BCUT2D eigenvalue weighted by atomic mass is 16.2. The predicted molar refractivity (Wildman–Crippen MR) is 73.4 cm³/mol. The summed E-state index contributed by atoms with van der Waals surface area (Å²) < 4.78 is 0. The number of rotatable bonds is 4. The van der Waals surface area contributed by atoms with Crippen LogP contribution >= 0.6 is 0 Å². The topological polar surface area (TPSA) is 75.4 Å². The van der Waals surface area contributed by atoms with Gasteiger partial charge < -0.3 is 16.0 Å². The Morgan fingerprint density at radius 3 is 2.47 bits per heavy atom. The van der Waals surface area contributed by atoms with Crippen LogP contribution in [0.3, 0.4) is 0 Å². The van der Waals surface area contributed by atoms with E-state index in [1.54, 1.807) is 0 Å². The molecular formula is C14H25N3O2. The molecule has 1 saturated carbocycles. The maximum atomic E-state index is 12.0. The Labute approximate surface area is 114 Å². The molecular weight excluding hydrogens is 242 g/mol. The van der Waals surface area contributed by atoms with Crippen molar-refractivity contribution < 1.29 is 9.59 Å². The van der Waals surface area contributed by atoms with Crippen LogP contribution in [0.2, 0.25) is 0 Å². The second kappa shape index (κ2) is 6.89. The van der Waals surface area contributed by atoms with Gasteiger partial charge in [0.2, 0.25) is 11.8 Å². The van der Waals surface area contributed by atoms with E-state index in [4.69, 9.17) is 5.73 Å². The molecule has 2 fully saturated rings. The monoisotopic (exact) mass is 267 g/mol. The van der Waals surface area contributed by atoms with Crippen molar-refractivity contribution in [3.63, 3.8) is 0 Å². The number of carbonyl (C=O) groups excluding carboxylic acids is 2. The van der Waals surface area contributed by atoms with Crippen LogP contribution in [0, 0.1) is 5.92 Å². The number of nitrogens with one attached hydrogen (secondary N) is 1. The Kier molecular flexibility index (Phi) is 5.19. The summed E-state index contributed by atoms with van der Waals surface area (Å²) in [6, 6.07) is -0.0111. The third kappa shape index (κ3) is 3.93. The lowest BCUT2D eigenvalue weighted by Crippen LogP contribution is -2.44. The van der Waals surface area contributed by atoms with Gasteiger partial charge >= 0.3 is 0 Å². The summed E-state index contributed by atoms with van der Waals surface area (Å²) in [6.07, 6.45) is 6.65. The van der Waals surface area contributed by atoms with Gasteiger partial charge in [-0.1, -0.05) is 12.8 Å². The van der Waals surface area contributed by atoms with Crippen LogP contribution in [0.1, 0.15) is 44.9 Å². The molecule has 19 heavy (non-hydrogen) atoms. The quantitative estimate of drug-likeness (QED) is 0.784. The van der Waals surface area contributed by atoms with Crippen molar-refractivity contribution in [1.82, 2.24) is 10.2 Å². The largest absolute Gasteiger partial charge is 0.355 e. The fourth-order valence-electron chi connectivity index (χ4n) is 3.03. The molecule has 2 unspecified atom stereocenters. The van der Waals surface area contributed by atoms with Crippen molar-refractivity contribution >= 4 is 11.8 Å². The van der Waals surface area contributed by atoms with E-state index in [-0.39, 0.29) is 23.8 Å². The highest BCUT2D eigenvalue weighted by Gasteiger charge is 2.28. The van der Waals surface area contributed by atoms with Crippen LogP contribution < -0.4 is 11.1 Å². The van der Waals surface area contributed by atoms with E-state index in [9.17, 15) is 9.59 Å². The minimum absolute atomic E-state index is 0.0111. The molecule has 2 rings (SSSR count). The first-order chi connectivity index (χ1) is 9.18. The van der Waals surface area contributed by atoms with Crippen molar-refractivity contribution in [1.29, 1.82) is 0 Å². The van der Waals surface area contributed by atoms with E-state index in [0.29, 0.717) is 13.0 Å². The lowest BCUT2D eigenvalue weighted by molar-refractivity contribution is -0.130. The molecule has 0 aromatic rings. The Morgan fingerprint density at radius 1 is 1.11 bits per heavy atom. The number of hydrogen-bond acceptors (Lipinski definition) is 3. The van der Waals surface area contributed by atoms with Gasteiger partial charge in [-0.15, -0.1) is 0 Å². The number of nitrogens with zero attached hydrogens (tertiary/aromatic N) is 1. The lowest BCUT2D eigenvalue weighted by atomic mass is 9.84. The third-order valence-electron chi connectivity index (χ3n) is 4.25. The number of amides is 2. The molecule has 5 nitrogen and oxygen atoms in total. The van der Waals surface area contributed by atoms with E-state index >= 15 is 0 Å². The summed E-state index contributed by atoms with van der Waals surface area (Å²) >= 11 is 0. The zero-order valence-corrected chi connectivity index (χ0v) is 11.6. The number of likely N-dealkylation sites (tertiary alicyclic amines) is 1. The minimum atomic E-state index is -0.0596. The predicted octanol–water partition coefficient (Wildman–Crippen LogP) is 0.633. The molecule has 2 aliphatic rings. The van der Waals surface area contributed by atoms with Crippen molar-refractivity contribution in [2.75, 3.05) is 19.6 Å². The smallest absolute Gasteiger partial charge is 0.224 e. The highest BCUT2D eigenvalue weighted by Crippen LogP contribution is 2.22. The molecule has 1 aliphatic carbocycles. The van der Waals surface area contributed by atoms with E-state index in [1.165, 1.54) is 0 Å². The van der Waals surface area contributed by atoms with Gasteiger partial charge in [-0.2, -0.15) is 0 Å². The Hall–Kier alpha value is -1.10. The first-order valence-electron chi connectivity index (χ1n) is 7.49. The highest BCUT2D eigenvalue weighted by molar-refractivity contribution is 5.81. The Bertz CT molecular complexity index is 327. The van der Waals surface area contributed by atoms with Crippen LogP contribution in [-0.2, 0) is 9.59 Å². The summed E-state index contributed by atoms with van der Waals surface area (Å²) in [4.78, 5) is 25.7. The van der Waals surface area contributed by atoms with Gasteiger partial charge in [0.05, 0.1) is 5.92 Å². The molecule has 3 N–H and O–H groups in total. The average Bonchev–Trinajstić information content (AvgIpc) is 2.93. The summed E-state index contributed by atoms with van der Waals surface area (Å²) in [7, 11) is 0. The van der Waals surface area contributed by atoms with E-state index in [0.717, 1.165) is 51.6 Å². The maximum absolute atomic E-state index is 12.0. The number of nitrogens with two attached hydrogens (primary N) is 1. The van der Waals surface area contributed by atoms with Gasteiger partial charge in [-0.25, -0.2) is 0 Å². The molecule has 108 valence electrons. The average molecular weight is 267 g/mol. The Balaban J connectivity index is 1.67. The van der Waals surface area contributed by atoms with Crippen LogP contribution in [0.5, 0.6) is 0 Å². The summed E-state index contributed by atoms with van der Waals surface area (Å²) in [5.41, 5.74) is 5.97. The van der Waals surface area contributed by atoms with Gasteiger partial charge in [0.25, 0.3) is 0 Å². The molecule has 1 heterocycles. The number of hydrogen-bond donors (Lipinski definition) is 2. The van der Waals surface area contributed by atoms with Gasteiger partial charge in [-0.05, 0) is 25.7 Å². The van der Waals surface area contributed by atoms with E-state index in [1.807, 2.05) is 4.90 Å². The summed E-state index contributed by atoms with van der Waals surface area (Å²) in [5.74, 6) is 0.128. The zero-order chi connectivity index (χ0) is 13.7. The van der Waals surface area contributed by atoms with Crippen molar-refractivity contribution in [2.24, 2.45) is 11.7 Å². The SMILES string of the molecule is NC1CCCCC1C(=O)NCCC(=O)N1CCCC1. The van der Waals surface area contributed by atoms with Gasteiger partial charge in [-0.3, -0.25) is 9.59 Å². The second-order valence-corrected chi connectivity index (χ2v) is 5.68. The summed E-state index contributed by atoms with van der Waals surface area (Å²) in [6.45, 7) is 2.19.